The van der Waals surface area contributed by atoms with Crippen molar-refractivity contribution < 1.29 is 4.79 Å². The van der Waals surface area contributed by atoms with E-state index in [0.29, 0.717) is 11.8 Å². The molecule has 1 saturated carbocycles. The molecule has 5 nitrogen and oxygen atoms in total. The van der Waals surface area contributed by atoms with E-state index >= 15 is 0 Å². The first-order chi connectivity index (χ1) is 12.3. The third-order valence-corrected chi connectivity index (χ3v) is 5.33. The van der Waals surface area contributed by atoms with Crippen LogP contribution in [0.1, 0.15) is 12.8 Å². The smallest absolute Gasteiger partial charge is 0.230 e. The van der Waals surface area contributed by atoms with Crippen LogP contribution >= 0.6 is 11.8 Å². The lowest BCUT2D eigenvalue weighted by Crippen LogP contribution is -2.27. The van der Waals surface area contributed by atoms with Gasteiger partial charge in [0.1, 0.15) is 5.65 Å². The van der Waals surface area contributed by atoms with Gasteiger partial charge in [0.05, 0.1) is 22.3 Å². The second-order valence-electron chi connectivity index (χ2n) is 6.30. The topological polar surface area (TPSA) is 59.3 Å². The number of hydrogen-bond donors (Lipinski definition) is 1. The average Bonchev–Trinajstić information content (AvgIpc) is 3.36. The van der Waals surface area contributed by atoms with Crippen molar-refractivity contribution in [2.75, 3.05) is 5.75 Å². The molecule has 124 valence electrons. The monoisotopic (exact) mass is 348 g/mol. The highest BCUT2D eigenvalue weighted by Crippen LogP contribution is 2.29. The highest BCUT2D eigenvalue weighted by Gasteiger charge is 2.23. The van der Waals surface area contributed by atoms with E-state index in [0.717, 1.165) is 45.6 Å². The number of amides is 1. The number of nitrogens with one attached hydrogen (secondary N) is 1. The summed E-state index contributed by atoms with van der Waals surface area (Å²) in [6, 6.07) is 16.4. The number of para-hydroxylation sites is 3. The second kappa shape index (κ2) is 5.74. The molecule has 0 aliphatic heterocycles. The maximum Gasteiger partial charge on any atom is 0.230 e. The van der Waals surface area contributed by atoms with Gasteiger partial charge in [-0.25, -0.2) is 9.97 Å². The number of rotatable bonds is 4. The predicted octanol–water partition coefficient (Wildman–Crippen LogP) is 3.41. The third kappa shape index (κ3) is 2.62. The van der Waals surface area contributed by atoms with Gasteiger partial charge in [-0.15, -0.1) is 0 Å². The Labute approximate surface area is 148 Å². The highest BCUT2D eigenvalue weighted by molar-refractivity contribution is 7.99. The fourth-order valence-corrected chi connectivity index (χ4v) is 3.86. The average molecular weight is 348 g/mol. The van der Waals surface area contributed by atoms with Crippen molar-refractivity contribution in [3.63, 3.8) is 0 Å². The molecule has 0 spiro atoms. The van der Waals surface area contributed by atoms with Crippen LogP contribution in [0.15, 0.2) is 53.7 Å². The van der Waals surface area contributed by atoms with Crippen LogP contribution in [0.25, 0.3) is 27.6 Å². The Bertz CT molecular complexity index is 1120. The zero-order valence-electron chi connectivity index (χ0n) is 13.5. The molecule has 0 bridgehead atoms. The third-order valence-electron chi connectivity index (χ3n) is 4.39. The van der Waals surface area contributed by atoms with Gasteiger partial charge in [-0.3, -0.25) is 9.20 Å². The largest absolute Gasteiger partial charge is 0.353 e. The van der Waals surface area contributed by atoms with Crippen molar-refractivity contribution >= 4 is 45.3 Å². The number of carbonyl (C=O) groups excluding carboxylic acids is 1. The van der Waals surface area contributed by atoms with Gasteiger partial charge in [0.15, 0.2) is 5.16 Å². The minimum atomic E-state index is 0.0695. The predicted molar refractivity (Wildman–Crippen MR) is 99.9 cm³/mol. The molecule has 2 aromatic heterocycles. The standard InChI is InChI=1S/C19H16N4OS/c24-17(20-12-9-10-12)11-25-19-22-14-6-2-1-5-13(14)18-21-15-7-3-4-8-16(15)23(18)19/h1-8,12H,9-11H2,(H,20,24). The summed E-state index contributed by atoms with van der Waals surface area (Å²) in [5, 5.41) is 4.85. The number of benzene rings is 2. The van der Waals surface area contributed by atoms with Crippen LogP contribution in [-0.2, 0) is 4.79 Å². The molecule has 5 rings (SSSR count). The van der Waals surface area contributed by atoms with Crippen LogP contribution in [-0.4, -0.2) is 32.1 Å². The van der Waals surface area contributed by atoms with Crippen molar-refractivity contribution in [3.8, 4) is 0 Å². The first kappa shape index (κ1) is 14.7. The number of thioether (sulfide) groups is 1. The minimum absolute atomic E-state index is 0.0695. The molecule has 6 heteroatoms. The Morgan fingerprint density at radius 1 is 1.08 bits per heavy atom. The van der Waals surface area contributed by atoms with Gasteiger partial charge >= 0.3 is 0 Å². The lowest BCUT2D eigenvalue weighted by molar-refractivity contribution is -0.118. The molecule has 25 heavy (non-hydrogen) atoms. The summed E-state index contributed by atoms with van der Waals surface area (Å²) in [7, 11) is 0. The first-order valence-corrected chi connectivity index (χ1v) is 9.36. The molecule has 0 saturated heterocycles. The lowest BCUT2D eigenvalue weighted by Gasteiger charge is -2.08. The number of carbonyl (C=O) groups is 1. The number of hydrogen-bond acceptors (Lipinski definition) is 4. The maximum atomic E-state index is 12.1. The first-order valence-electron chi connectivity index (χ1n) is 8.38. The van der Waals surface area contributed by atoms with E-state index < -0.39 is 0 Å². The van der Waals surface area contributed by atoms with Crippen molar-refractivity contribution in [3.05, 3.63) is 48.5 Å². The Morgan fingerprint density at radius 3 is 2.68 bits per heavy atom. The summed E-state index contributed by atoms with van der Waals surface area (Å²) in [5.74, 6) is 0.434. The van der Waals surface area contributed by atoms with E-state index in [-0.39, 0.29) is 5.91 Å². The van der Waals surface area contributed by atoms with Crippen molar-refractivity contribution in [1.29, 1.82) is 0 Å². The minimum Gasteiger partial charge on any atom is -0.353 e. The Hall–Kier alpha value is -2.60. The van der Waals surface area contributed by atoms with Gasteiger partial charge in [-0.1, -0.05) is 36.0 Å². The van der Waals surface area contributed by atoms with Crippen LogP contribution in [0.4, 0.5) is 0 Å². The van der Waals surface area contributed by atoms with E-state index in [2.05, 4.69) is 9.72 Å². The molecule has 0 atom stereocenters. The molecule has 1 N–H and O–H groups in total. The van der Waals surface area contributed by atoms with Gasteiger partial charge in [-0.05, 0) is 37.1 Å². The molecule has 1 amide bonds. The molecule has 1 aliphatic rings. The summed E-state index contributed by atoms with van der Waals surface area (Å²) < 4.78 is 2.06. The van der Waals surface area contributed by atoms with Crippen molar-refractivity contribution in [2.45, 2.75) is 24.0 Å². The Kier molecular flexibility index (Phi) is 3.38. The SMILES string of the molecule is O=C(CSc1nc2ccccc2c2nc3ccccc3n12)NC1CC1. The van der Waals surface area contributed by atoms with Gasteiger partial charge in [0.2, 0.25) is 5.91 Å². The molecule has 4 aromatic rings. The summed E-state index contributed by atoms with van der Waals surface area (Å²) >= 11 is 1.46. The fourth-order valence-electron chi connectivity index (χ4n) is 3.04. The molecule has 1 aliphatic carbocycles. The Morgan fingerprint density at radius 2 is 1.84 bits per heavy atom. The van der Waals surface area contributed by atoms with E-state index in [1.54, 1.807) is 0 Å². The molecular formula is C19H16N4OS. The number of imidazole rings is 1. The number of fused-ring (bicyclic) bond motifs is 5. The lowest BCUT2D eigenvalue weighted by atomic mass is 10.2. The van der Waals surface area contributed by atoms with Crippen LogP contribution < -0.4 is 5.32 Å². The number of aromatic nitrogens is 3. The van der Waals surface area contributed by atoms with Crippen molar-refractivity contribution in [1.82, 2.24) is 19.7 Å². The zero-order chi connectivity index (χ0) is 16.8. The fraction of sp³-hybridized carbons (Fsp3) is 0.211. The summed E-state index contributed by atoms with van der Waals surface area (Å²) in [6.45, 7) is 0. The van der Waals surface area contributed by atoms with Crippen LogP contribution in [0.5, 0.6) is 0 Å². The maximum absolute atomic E-state index is 12.1. The highest BCUT2D eigenvalue weighted by atomic mass is 32.2. The van der Waals surface area contributed by atoms with E-state index in [9.17, 15) is 4.79 Å². The van der Waals surface area contributed by atoms with Crippen LogP contribution in [0.3, 0.4) is 0 Å². The van der Waals surface area contributed by atoms with E-state index in [1.807, 2.05) is 48.5 Å². The van der Waals surface area contributed by atoms with E-state index in [4.69, 9.17) is 9.97 Å². The number of nitrogens with zero attached hydrogens (tertiary/aromatic N) is 3. The van der Waals surface area contributed by atoms with Gasteiger partial charge in [0.25, 0.3) is 0 Å². The normalized spacial score (nSPS) is 14.4. The van der Waals surface area contributed by atoms with Crippen LogP contribution in [0, 0.1) is 0 Å². The van der Waals surface area contributed by atoms with Gasteiger partial charge < -0.3 is 5.32 Å². The molecule has 0 radical (unpaired) electrons. The molecule has 2 heterocycles. The Balaban J connectivity index is 1.65. The van der Waals surface area contributed by atoms with Crippen molar-refractivity contribution in [2.24, 2.45) is 0 Å². The molecule has 2 aromatic carbocycles. The summed E-state index contributed by atoms with van der Waals surface area (Å²) in [5.41, 5.74) is 3.73. The van der Waals surface area contributed by atoms with Gasteiger partial charge in [-0.2, -0.15) is 0 Å². The zero-order valence-corrected chi connectivity index (χ0v) is 14.3. The van der Waals surface area contributed by atoms with Gasteiger partial charge in [0, 0.05) is 11.4 Å². The molecule has 1 fully saturated rings. The second-order valence-corrected chi connectivity index (χ2v) is 7.24. The molecule has 0 unspecified atom stereocenters. The summed E-state index contributed by atoms with van der Waals surface area (Å²) in [6.07, 6.45) is 2.20. The molecular weight excluding hydrogens is 332 g/mol. The summed E-state index contributed by atoms with van der Waals surface area (Å²) in [4.78, 5) is 21.7. The quantitative estimate of drug-likeness (QED) is 0.454. The van der Waals surface area contributed by atoms with Crippen LogP contribution in [0.2, 0.25) is 0 Å². The van der Waals surface area contributed by atoms with E-state index in [1.165, 1.54) is 11.8 Å².